The van der Waals surface area contributed by atoms with E-state index >= 15 is 0 Å². The molecule has 0 fully saturated rings. The van der Waals surface area contributed by atoms with Crippen LogP contribution in [0.1, 0.15) is 29.6 Å². The van der Waals surface area contributed by atoms with E-state index in [9.17, 15) is 14.4 Å². The van der Waals surface area contributed by atoms with Gasteiger partial charge in [0.05, 0.1) is 5.69 Å². The summed E-state index contributed by atoms with van der Waals surface area (Å²) < 4.78 is 7.23. The van der Waals surface area contributed by atoms with Crippen LogP contribution < -0.4 is 21.5 Å². The number of rotatable bonds is 9. The van der Waals surface area contributed by atoms with Crippen molar-refractivity contribution in [3.05, 3.63) is 86.9 Å². The minimum Gasteiger partial charge on any atom is -0.375 e. The quantitative estimate of drug-likeness (QED) is 0.354. The molecule has 0 unspecified atom stereocenters. The Morgan fingerprint density at radius 3 is 2.50 bits per heavy atom. The second kappa shape index (κ2) is 10.8. The third kappa shape index (κ3) is 5.24. The molecule has 2 aromatic carbocycles. The highest BCUT2D eigenvalue weighted by atomic mass is 16.5. The number of para-hydroxylation sites is 1. The van der Waals surface area contributed by atoms with Crippen LogP contribution in [-0.2, 0) is 6.54 Å². The maximum absolute atomic E-state index is 12.9. The zero-order chi connectivity index (χ0) is 25.7. The molecule has 4 rings (SSSR count). The maximum atomic E-state index is 12.9. The first-order valence-corrected chi connectivity index (χ1v) is 11.6. The van der Waals surface area contributed by atoms with Gasteiger partial charge in [0.25, 0.3) is 5.56 Å². The van der Waals surface area contributed by atoms with Gasteiger partial charge in [-0.3, -0.25) is 14.2 Å². The summed E-state index contributed by atoms with van der Waals surface area (Å²) >= 11 is 0. The van der Waals surface area contributed by atoms with Gasteiger partial charge < -0.3 is 14.7 Å². The molecule has 0 aliphatic rings. The summed E-state index contributed by atoms with van der Waals surface area (Å²) in [5.74, 6) is -1.02. The van der Waals surface area contributed by atoms with Gasteiger partial charge in [-0.05, 0) is 44.5 Å². The van der Waals surface area contributed by atoms with E-state index in [-0.39, 0.29) is 24.0 Å². The van der Waals surface area contributed by atoms with Crippen molar-refractivity contribution in [2.45, 2.75) is 26.8 Å². The van der Waals surface area contributed by atoms with E-state index in [0.29, 0.717) is 18.7 Å². The Morgan fingerprint density at radius 1 is 1.08 bits per heavy atom. The van der Waals surface area contributed by atoms with Gasteiger partial charge in [-0.15, -0.1) is 0 Å². The zero-order valence-corrected chi connectivity index (χ0v) is 20.3. The molecule has 36 heavy (non-hydrogen) atoms. The monoisotopic (exact) mass is 489 g/mol. The molecule has 1 amide bonds. The molecule has 0 saturated heterocycles. The molecule has 0 bridgehead atoms. The largest absolute Gasteiger partial charge is 0.375 e. The van der Waals surface area contributed by atoms with Gasteiger partial charge in [0.1, 0.15) is 0 Å². The highest BCUT2D eigenvalue weighted by molar-refractivity contribution is 5.89. The van der Waals surface area contributed by atoms with Gasteiger partial charge in [0, 0.05) is 32.4 Å². The lowest BCUT2D eigenvalue weighted by molar-refractivity contribution is 0.0909. The molecule has 1 N–H and O–H groups in total. The topological polar surface area (TPSA) is 128 Å². The van der Waals surface area contributed by atoms with Crippen molar-refractivity contribution in [2.24, 2.45) is 0 Å². The second-order valence-electron chi connectivity index (χ2n) is 8.22. The Balaban J connectivity index is 1.49. The molecule has 0 atom stereocenters. The molecule has 4 aromatic rings. The van der Waals surface area contributed by atoms with Crippen LogP contribution in [0.25, 0.3) is 17.2 Å². The lowest BCUT2D eigenvalue weighted by Crippen LogP contribution is -2.41. The summed E-state index contributed by atoms with van der Waals surface area (Å²) in [5, 5.41) is 10.7. The highest BCUT2D eigenvalue weighted by Gasteiger charge is 2.22. The second-order valence-corrected chi connectivity index (χ2v) is 8.22. The smallest absolute Gasteiger partial charge is 0.352 e. The molecule has 2 heterocycles. The average molecular weight is 490 g/mol. The van der Waals surface area contributed by atoms with Crippen LogP contribution in [0, 0.1) is 6.92 Å². The Kier molecular flexibility index (Phi) is 7.38. The lowest BCUT2D eigenvalue weighted by atomic mass is 10.2. The predicted octanol–water partition coefficient (Wildman–Crippen LogP) is 2.03. The SMILES string of the molecule is CCn1c(=O)c(-c2noc(C(=O)NCCCN(C)c3ccccc3)n2)nn(-c2ccc(C)cc2)c1=O. The van der Waals surface area contributed by atoms with Crippen molar-refractivity contribution >= 4 is 11.6 Å². The fourth-order valence-electron chi connectivity index (χ4n) is 3.61. The molecule has 2 aromatic heterocycles. The molecular weight excluding hydrogens is 462 g/mol. The Bertz CT molecular complexity index is 1460. The number of carbonyl (C=O) groups excluding carboxylic acids is 1. The predicted molar refractivity (Wildman–Crippen MR) is 134 cm³/mol. The van der Waals surface area contributed by atoms with Crippen LogP contribution >= 0.6 is 0 Å². The molecule has 186 valence electrons. The van der Waals surface area contributed by atoms with E-state index in [0.717, 1.165) is 27.0 Å². The first-order chi connectivity index (χ1) is 17.4. The van der Waals surface area contributed by atoms with E-state index in [1.807, 2.05) is 56.4 Å². The summed E-state index contributed by atoms with van der Waals surface area (Å²) in [6.07, 6.45) is 0.697. The third-order valence-corrected chi connectivity index (χ3v) is 5.64. The number of anilines is 1. The highest BCUT2D eigenvalue weighted by Crippen LogP contribution is 2.12. The van der Waals surface area contributed by atoms with Crippen LogP contribution in [0.15, 0.2) is 68.7 Å². The molecule has 0 aliphatic heterocycles. The maximum Gasteiger partial charge on any atom is 0.352 e. The number of hydrogen-bond acceptors (Lipinski definition) is 8. The molecule has 0 spiro atoms. The summed E-state index contributed by atoms with van der Waals surface area (Å²) in [6, 6.07) is 17.0. The van der Waals surface area contributed by atoms with Gasteiger partial charge in [-0.1, -0.05) is 41.1 Å². The molecule has 0 aliphatic carbocycles. The van der Waals surface area contributed by atoms with Gasteiger partial charge in [0.15, 0.2) is 5.69 Å². The third-order valence-electron chi connectivity index (χ3n) is 5.64. The first-order valence-electron chi connectivity index (χ1n) is 11.6. The summed E-state index contributed by atoms with van der Waals surface area (Å²) in [7, 11) is 1.98. The minimum absolute atomic E-state index is 0.127. The number of carbonyl (C=O) groups is 1. The summed E-state index contributed by atoms with van der Waals surface area (Å²) in [4.78, 5) is 44.4. The van der Waals surface area contributed by atoms with Crippen LogP contribution in [0.4, 0.5) is 5.69 Å². The van der Waals surface area contributed by atoms with E-state index in [2.05, 4.69) is 25.5 Å². The Morgan fingerprint density at radius 2 is 1.81 bits per heavy atom. The van der Waals surface area contributed by atoms with E-state index in [1.165, 1.54) is 0 Å². The van der Waals surface area contributed by atoms with E-state index in [4.69, 9.17) is 4.52 Å². The summed E-state index contributed by atoms with van der Waals surface area (Å²) in [5.41, 5.74) is 1.14. The lowest BCUT2D eigenvalue weighted by Gasteiger charge is -2.18. The number of benzene rings is 2. The molecule has 11 heteroatoms. The average Bonchev–Trinajstić information content (AvgIpc) is 3.38. The fraction of sp³-hybridized carbons (Fsp3) is 0.280. The first kappa shape index (κ1) is 24.6. The number of nitrogens with one attached hydrogen (secondary N) is 1. The Hall–Kier alpha value is -4.54. The van der Waals surface area contributed by atoms with Crippen LogP contribution in [0.3, 0.4) is 0 Å². The van der Waals surface area contributed by atoms with Crippen molar-refractivity contribution in [3.8, 4) is 17.2 Å². The van der Waals surface area contributed by atoms with Gasteiger partial charge in [-0.25, -0.2) is 4.79 Å². The van der Waals surface area contributed by atoms with Crippen molar-refractivity contribution in [1.29, 1.82) is 0 Å². The zero-order valence-electron chi connectivity index (χ0n) is 20.3. The van der Waals surface area contributed by atoms with Crippen molar-refractivity contribution in [2.75, 3.05) is 25.0 Å². The van der Waals surface area contributed by atoms with Gasteiger partial charge in [-0.2, -0.15) is 14.8 Å². The number of amides is 1. The minimum atomic E-state index is -0.664. The van der Waals surface area contributed by atoms with E-state index < -0.39 is 17.2 Å². The Labute approximate surface area is 207 Å². The van der Waals surface area contributed by atoms with Gasteiger partial charge in [0.2, 0.25) is 5.82 Å². The van der Waals surface area contributed by atoms with Crippen molar-refractivity contribution in [1.82, 2.24) is 29.8 Å². The van der Waals surface area contributed by atoms with Crippen molar-refractivity contribution < 1.29 is 9.32 Å². The van der Waals surface area contributed by atoms with E-state index in [1.54, 1.807) is 19.1 Å². The standard InChI is InChI=1S/C25H27N7O4/c1-4-31-24(34)20(28-32(25(31)35)19-13-11-17(2)12-14-19)21-27-23(36-29-21)22(33)26-15-8-16-30(3)18-9-6-5-7-10-18/h5-7,9-14H,4,8,15-16H2,1-3H3,(H,26,33). The van der Waals surface area contributed by atoms with Crippen LogP contribution in [0.2, 0.25) is 0 Å². The fourth-order valence-corrected chi connectivity index (χ4v) is 3.61. The van der Waals surface area contributed by atoms with Gasteiger partial charge >= 0.3 is 17.5 Å². The number of nitrogens with zero attached hydrogens (tertiary/aromatic N) is 6. The summed E-state index contributed by atoms with van der Waals surface area (Å²) in [6.45, 7) is 4.86. The van der Waals surface area contributed by atoms with Crippen molar-refractivity contribution in [3.63, 3.8) is 0 Å². The van der Waals surface area contributed by atoms with Crippen LogP contribution in [0.5, 0.6) is 0 Å². The molecule has 0 radical (unpaired) electrons. The number of aromatic nitrogens is 5. The normalized spacial score (nSPS) is 10.9. The molecule has 0 saturated carbocycles. The van der Waals surface area contributed by atoms with Crippen LogP contribution in [-0.4, -0.2) is 50.5 Å². The number of hydrogen-bond donors (Lipinski definition) is 1. The number of aryl methyl sites for hydroxylation is 1. The molecule has 11 nitrogen and oxygen atoms in total. The molecular formula is C25H27N7O4.